The molecule has 2 rings (SSSR count). The van der Waals surface area contributed by atoms with Gasteiger partial charge in [-0.05, 0) is 23.3 Å². The first kappa shape index (κ1) is 14.7. The Morgan fingerprint density at radius 3 is 2.79 bits per heavy atom. The van der Waals surface area contributed by atoms with Crippen molar-refractivity contribution in [1.29, 1.82) is 0 Å². The number of rotatable bonds is 6. The third kappa shape index (κ3) is 3.88. The van der Waals surface area contributed by atoms with Crippen molar-refractivity contribution < 1.29 is 14.6 Å². The van der Waals surface area contributed by atoms with Gasteiger partial charge in [-0.1, -0.05) is 24.6 Å². The topological polar surface area (TPSA) is 82.3 Å². The number of thioether (sulfide) groups is 1. The van der Waals surface area contributed by atoms with E-state index in [4.69, 9.17) is 9.47 Å². The Labute approximate surface area is 116 Å². The smallest absolute Gasteiger partial charge is 0.209 e. The van der Waals surface area contributed by atoms with Gasteiger partial charge in [0.05, 0.1) is 12.6 Å². The summed E-state index contributed by atoms with van der Waals surface area (Å²) in [5.41, 5.74) is 0. The van der Waals surface area contributed by atoms with Gasteiger partial charge in [-0.2, -0.15) is 0 Å². The minimum absolute atomic E-state index is 0.169. The maximum Gasteiger partial charge on any atom is 0.209 e. The Morgan fingerprint density at radius 1 is 1.37 bits per heavy atom. The van der Waals surface area contributed by atoms with Crippen molar-refractivity contribution in [3.8, 4) is 0 Å². The van der Waals surface area contributed by atoms with Crippen LogP contribution in [0.1, 0.15) is 25.7 Å². The quantitative estimate of drug-likeness (QED) is 0.771. The molecule has 2 atom stereocenters. The van der Waals surface area contributed by atoms with Crippen LogP contribution in [-0.2, 0) is 16.0 Å². The van der Waals surface area contributed by atoms with Crippen LogP contribution in [0.15, 0.2) is 5.16 Å². The predicted octanol–water partition coefficient (Wildman–Crippen LogP) is 0.688. The molecule has 1 aliphatic carbocycles. The summed E-state index contributed by atoms with van der Waals surface area (Å²) >= 11 is 1.53. The van der Waals surface area contributed by atoms with Crippen LogP contribution in [0.2, 0.25) is 0 Å². The predicted molar refractivity (Wildman–Crippen MR) is 69.7 cm³/mol. The Hall–Kier alpha value is -0.700. The Balaban J connectivity index is 1.98. The van der Waals surface area contributed by atoms with E-state index in [2.05, 4.69) is 15.5 Å². The number of methoxy groups -OCH3 is 2. The first-order valence-corrected chi connectivity index (χ1v) is 7.29. The van der Waals surface area contributed by atoms with E-state index in [9.17, 15) is 5.11 Å². The molecule has 1 aromatic heterocycles. The number of aliphatic hydroxyl groups excluding tert-OH is 1. The summed E-state index contributed by atoms with van der Waals surface area (Å²) in [4.78, 5) is 0. The molecule has 0 amide bonds. The molecule has 1 heterocycles. The minimum Gasteiger partial charge on any atom is -0.392 e. The summed E-state index contributed by atoms with van der Waals surface area (Å²) in [5.74, 6) is 0. The van der Waals surface area contributed by atoms with E-state index in [1.807, 2.05) is 0 Å². The van der Waals surface area contributed by atoms with Crippen molar-refractivity contribution in [1.82, 2.24) is 20.2 Å². The number of hydrogen-bond acceptors (Lipinski definition) is 7. The molecule has 2 unspecified atom stereocenters. The molecule has 108 valence electrons. The van der Waals surface area contributed by atoms with E-state index in [-0.39, 0.29) is 17.6 Å². The lowest BCUT2D eigenvalue weighted by atomic mass is 9.97. The number of aromatic nitrogens is 4. The van der Waals surface area contributed by atoms with Crippen molar-refractivity contribution in [3.63, 3.8) is 0 Å². The van der Waals surface area contributed by atoms with E-state index in [0.717, 1.165) is 25.7 Å². The Bertz CT molecular complexity index is 386. The van der Waals surface area contributed by atoms with Gasteiger partial charge < -0.3 is 14.6 Å². The Kier molecular flexibility index (Phi) is 5.56. The van der Waals surface area contributed by atoms with Crippen molar-refractivity contribution >= 4 is 11.8 Å². The van der Waals surface area contributed by atoms with Gasteiger partial charge in [-0.3, -0.25) is 0 Å². The third-order valence-corrected chi connectivity index (χ3v) is 4.63. The van der Waals surface area contributed by atoms with Gasteiger partial charge in [0, 0.05) is 19.5 Å². The monoisotopic (exact) mass is 288 g/mol. The normalized spacial score (nSPS) is 24.0. The number of tetrazole rings is 1. The maximum atomic E-state index is 9.98. The second-order valence-corrected chi connectivity index (χ2v) is 5.76. The number of ether oxygens (including phenoxy) is 2. The molecule has 19 heavy (non-hydrogen) atoms. The van der Waals surface area contributed by atoms with Gasteiger partial charge in [-0.15, -0.1) is 5.10 Å². The fourth-order valence-electron chi connectivity index (χ4n) is 2.13. The van der Waals surface area contributed by atoms with E-state index >= 15 is 0 Å². The fourth-order valence-corrected chi connectivity index (χ4v) is 3.30. The first-order chi connectivity index (χ1) is 9.24. The van der Waals surface area contributed by atoms with Gasteiger partial charge in [0.1, 0.15) is 0 Å². The molecule has 0 spiro atoms. The zero-order valence-electron chi connectivity index (χ0n) is 11.2. The van der Waals surface area contributed by atoms with E-state index < -0.39 is 0 Å². The van der Waals surface area contributed by atoms with Crippen molar-refractivity contribution in [2.24, 2.45) is 0 Å². The van der Waals surface area contributed by atoms with E-state index in [1.165, 1.54) is 11.8 Å². The highest BCUT2D eigenvalue weighted by molar-refractivity contribution is 7.99. The summed E-state index contributed by atoms with van der Waals surface area (Å²) in [6, 6.07) is 0. The number of aliphatic hydroxyl groups is 1. The molecule has 0 saturated heterocycles. The van der Waals surface area contributed by atoms with Gasteiger partial charge in [0.15, 0.2) is 6.29 Å². The molecule has 1 fully saturated rings. The van der Waals surface area contributed by atoms with Crippen LogP contribution in [0.3, 0.4) is 0 Å². The molecule has 0 aromatic carbocycles. The average Bonchev–Trinajstić information content (AvgIpc) is 2.86. The standard InChI is InChI=1S/C11H20N4O3S/c1-17-10(18-2)7-15-11(12-13-14-15)19-9-6-4-3-5-8(9)16/h8-10,16H,3-7H2,1-2H3. The van der Waals surface area contributed by atoms with Gasteiger partial charge >= 0.3 is 0 Å². The lowest BCUT2D eigenvalue weighted by Gasteiger charge is -2.26. The van der Waals surface area contributed by atoms with Crippen LogP contribution in [0.25, 0.3) is 0 Å². The summed E-state index contributed by atoms with van der Waals surface area (Å²) in [7, 11) is 3.16. The maximum absolute atomic E-state index is 9.98. The minimum atomic E-state index is -0.376. The molecule has 1 N–H and O–H groups in total. The molecule has 0 bridgehead atoms. The SMILES string of the molecule is COC(Cn1nnnc1SC1CCCCC1O)OC. The molecular weight excluding hydrogens is 268 g/mol. The van der Waals surface area contributed by atoms with Gasteiger partial charge in [0.2, 0.25) is 5.16 Å². The van der Waals surface area contributed by atoms with Crippen LogP contribution in [0, 0.1) is 0 Å². The molecule has 1 aromatic rings. The zero-order valence-corrected chi connectivity index (χ0v) is 12.0. The molecule has 1 aliphatic rings. The van der Waals surface area contributed by atoms with Crippen LogP contribution < -0.4 is 0 Å². The third-order valence-electron chi connectivity index (χ3n) is 3.27. The van der Waals surface area contributed by atoms with Gasteiger partial charge in [0.25, 0.3) is 0 Å². The number of nitrogens with zero attached hydrogens (tertiary/aromatic N) is 4. The first-order valence-electron chi connectivity index (χ1n) is 6.41. The largest absolute Gasteiger partial charge is 0.392 e. The number of hydrogen-bond donors (Lipinski definition) is 1. The zero-order chi connectivity index (χ0) is 13.7. The van der Waals surface area contributed by atoms with Crippen molar-refractivity contribution in [2.45, 2.75) is 55.0 Å². The molecule has 0 radical (unpaired) electrons. The van der Waals surface area contributed by atoms with Crippen LogP contribution in [-0.4, -0.2) is 57.2 Å². The molecule has 8 heteroatoms. The second kappa shape index (κ2) is 7.18. The Morgan fingerprint density at radius 2 is 2.11 bits per heavy atom. The summed E-state index contributed by atoms with van der Waals surface area (Å²) in [5, 5.41) is 22.5. The van der Waals surface area contributed by atoms with Crippen LogP contribution in [0.4, 0.5) is 0 Å². The highest BCUT2D eigenvalue weighted by atomic mass is 32.2. The highest BCUT2D eigenvalue weighted by Gasteiger charge is 2.26. The summed E-state index contributed by atoms with van der Waals surface area (Å²) in [6.45, 7) is 0.436. The highest BCUT2D eigenvalue weighted by Crippen LogP contribution is 2.32. The van der Waals surface area contributed by atoms with Crippen LogP contribution >= 0.6 is 11.8 Å². The van der Waals surface area contributed by atoms with Gasteiger partial charge in [-0.25, -0.2) is 4.68 Å². The lowest BCUT2D eigenvalue weighted by molar-refractivity contribution is -0.113. The fraction of sp³-hybridized carbons (Fsp3) is 0.909. The molecule has 1 saturated carbocycles. The second-order valence-electron chi connectivity index (χ2n) is 4.55. The average molecular weight is 288 g/mol. The summed E-state index contributed by atoms with van der Waals surface area (Å²) < 4.78 is 11.9. The molecule has 7 nitrogen and oxygen atoms in total. The van der Waals surface area contributed by atoms with E-state index in [1.54, 1.807) is 18.9 Å². The summed E-state index contributed by atoms with van der Waals surface area (Å²) in [6.07, 6.45) is 3.45. The van der Waals surface area contributed by atoms with Crippen LogP contribution in [0.5, 0.6) is 0 Å². The van der Waals surface area contributed by atoms with E-state index in [0.29, 0.717) is 11.7 Å². The molecule has 0 aliphatic heterocycles. The molecular formula is C11H20N4O3S. The lowest BCUT2D eigenvalue weighted by Crippen LogP contribution is -2.28. The van der Waals surface area contributed by atoms with Crippen molar-refractivity contribution in [3.05, 3.63) is 0 Å². The van der Waals surface area contributed by atoms with Crippen molar-refractivity contribution in [2.75, 3.05) is 14.2 Å².